The number of aliphatic hydroxyl groups is 1. The number of hydrogen-bond acceptors (Lipinski definition) is 4. The third-order valence-electron chi connectivity index (χ3n) is 7.31. The van der Waals surface area contributed by atoms with E-state index in [-0.39, 0.29) is 5.91 Å². The summed E-state index contributed by atoms with van der Waals surface area (Å²) in [5, 5.41) is 18.5. The van der Waals surface area contributed by atoms with Gasteiger partial charge in [-0.25, -0.2) is 4.21 Å². The van der Waals surface area contributed by atoms with Gasteiger partial charge in [0, 0.05) is 52.7 Å². The molecule has 3 aromatic rings. The molecule has 3 atom stereocenters. The highest BCUT2D eigenvalue weighted by molar-refractivity contribution is 8.01. The number of carbonyl (C=O) groups is 1. The molecule has 1 aliphatic heterocycles. The minimum atomic E-state index is -2.49. The first-order valence-electron chi connectivity index (χ1n) is 13.2. The minimum absolute atomic E-state index is 0.259. The van der Waals surface area contributed by atoms with Crippen molar-refractivity contribution in [2.75, 3.05) is 30.2 Å². The fourth-order valence-electron chi connectivity index (χ4n) is 5.00. The molecule has 1 aliphatic rings. The first-order valence-corrected chi connectivity index (χ1v) is 15.1. The number of carbonyl (C=O) groups excluding carboxylic acids is 1. The van der Waals surface area contributed by atoms with Crippen LogP contribution in [0.1, 0.15) is 48.2 Å². The molecule has 2 heterocycles. The van der Waals surface area contributed by atoms with Gasteiger partial charge in [0.05, 0.1) is 23.3 Å². The minimum Gasteiger partial charge on any atom is -0.390 e. The summed E-state index contributed by atoms with van der Waals surface area (Å²) in [6.45, 7) is 6.20. The molecule has 0 aliphatic carbocycles. The third-order valence-corrected chi connectivity index (χ3v) is 9.35. The molecule has 0 spiro atoms. The van der Waals surface area contributed by atoms with E-state index in [1.54, 1.807) is 11.4 Å². The Hall–Kier alpha value is -2.81. The number of hydrogen-bond donors (Lipinski definition) is 3. The molecule has 0 radical (unpaired) electrons. The van der Waals surface area contributed by atoms with Gasteiger partial charge >= 0.3 is 0 Å². The number of anilines is 1. The van der Waals surface area contributed by atoms with Crippen molar-refractivity contribution in [3.63, 3.8) is 0 Å². The molecule has 0 saturated heterocycles. The molecule has 0 fully saturated rings. The average molecular weight is 525 g/mol. The molecule has 0 bridgehead atoms. The predicted molar refractivity (Wildman–Crippen MR) is 155 cm³/mol. The zero-order chi connectivity index (χ0) is 26.6. The second kappa shape index (κ2) is 11.7. The fraction of sp³-hybridized carbons (Fsp3) is 0.448. The van der Waals surface area contributed by atoms with Gasteiger partial charge in [-0.1, -0.05) is 43.7 Å². The Bertz CT molecular complexity index is 1330. The van der Waals surface area contributed by atoms with Gasteiger partial charge in [-0.05, 0) is 61.9 Å². The summed E-state index contributed by atoms with van der Waals surface area (Å²) in [6, 6.07) is 13.2. The molecule has 1 unspecified atom stereocenters. The summed E-state index contributed by atoms with van der Waals surface area (Å²) < 4.78 is 17.2. The van der Waals surface area contributed by atoms with E-state index < -0.39 is 21.9 Å². The zero-order valence-electron chi connectivity index (χ0n) is 22.2. The number of aryl methyl sites for hydroxylation is 2. The van der Waals surface area contributed by atoms with Gasteiger partial charge in [0.25, 0.3) is 5.91 Å². The molecule has 0 saturated carbocycles. The SMILES string of the molecule is C=S1(=O)CCc2cn(CC)c3cc(C(=O)N[C@@H](Cc4ccccc4)[C@H](O)CNCCCC)cc(c23)N1C. The Balaban J connectivity index is 1.66. The van der Waals surface area contributed by atoms with E-state index in [0.29, 0.717) is 30.7 Å². The Labute approximate surface area is 221 Å². The summed E-state index contributed by atoms with van der Waals surface area (Å²) in [5.41, 5.74) is 4.38. The highest BCUT2D eigenvalue weighted by Crippen LogP contribution is 2.36. The Morgan fingerprint density at radius 1 is 1.22 bits per heavy atom. The van der Waals surface area contributed by atoms with Crippen molar-refractivity contribution in [2.24, 2.45) is 0 Å². The number of rotatable bonds is 11. The van der Waals surface area contributed by atoms with Crippen LogP contribution in [-0.4, -0.2) is 63.7 Å². The number of amides is 1. The molecule has 1 amide bonds. The van der Waals surface area contributed by atoms with Crippen molar-refractivity contribution >= 4 is 38.1 Å². The van der Waals surface area contributed by atoms with Crippen molar-refractivity contribution in [3.8, 4) is 0 Å². The van der Waals surface area contributed by atoms with Gasteiger partial charge in [-0.2, -0.15) is 0 Å². The van der Waals surface area contributed by atoms with E-state index in [2.05, 4.69) is 41.1 Å². The number of unbranched alkanes of at least 4 members (excludes halogenated alkanes) is 1. The van der Waals surface area contributed by atoms with Crippen LogP contribution in [-0.2, 0) is 29.1 Å². The van der Waals surface area contributed by atoms with Crippen LogP contribution in [0.3, 0.4) is 0 Å². The molecule has 2 aromatic carbocycles. The standard InChI is InChI=1S/C29H40N4O3S/c1-5-7-14-30-19-27(34)24(16-21-11-9-8-10-12-21)31-29(35)23-17-25-28-22(13-15-37(4,36)32(25)3)20-33(6-2)26(28)18-23/h8-12,17-18,20,24,27,30,34H,4-7,13-16,19H2,1-3H3,(H,31,35)/t24-,27+,37?/m0/s1. The lowest BCUT2D eigenvalue weighted by Crippen LogP contribution is -2.48. The van der Waals surface area contributed by atoms with Crippen LogP contribution in [0.2, 0.25) is 0 Å². The second-order valence-corrected chi connectivity index (χ2v) is 12.4. The van der Waals surface area contributed by atoms with Crippen LogP contribution in [0.5, 0.6) is 0 Å². The average Bonchev–Trinajstić information content (AvgIpc) is 3.22. The van der Waals surface area contributed by atoms with Crippen molar-refractivity contribution in [1.82, 2.24) is 15.2 Å². The van der Waals surface area contributed by atoms with Crippen molar-refractivity contribution in [2.45, 2.75) is 58.2 Å². The van der Waals surface area contributed by atoms with Crippen LogP contribution in [0, 0.1) is 0 Å². The first kappa shape index (κ1) is 27.2. The van der Waals surface area contributed by atoms with E-state index in [4.69, 9.17) is 0 Å². The molecule has 4 rings (SSSR count). The van der Waals surface area contributed by atoms with E-state index in [1.165, 1.54) is 0 Å². The zero-order valence-corrected chi connectivity index (χ0v) is 23.0. The first-order chi connectivity index (χ1) is 17.7. The van der Waals surface area contributed by atoms with E-state index >= 15 is 0 Å². The molecule has 7 nitrogen and oxygen atoms in total. The van der Waals surface area contributed by atoms with Crippen LogP contribution < -0.4 is 14.9 Å². The summed E-state index contributed by atoms with van der Waals surface area (Å²) in [5.74, 6) is 4.22. The molecule has 1 aromatic heterocycles. The van der Waals surface area contributed by atoms with Crippen molar-refractivity contribution < 1.29 is 14.1 Å². The highest BCUT2D eigenvalue weighted by atomic mass is 32.2. The van der Waals surface area contributed by atoms with Gasteiger partial charge in [0.15, 0.2) is 0 Å². The number of nitrogens with zero attached hydrogens (tertiary/aromatic N) is 2. The van der Waals surface area contributed by atoms with Gasteiger partial charge in [0.1, 0.15) is 0 Å². The summed E-state index contributed by atoms with van der Waals surface area (Å²) in [4.78, 5) is 13.7. The van der Waals surface area contributed by atoms with Gasteiger partial charge in [-0.3, -0.25) is 4.79 Å². The second-order valence-electron chi connectivity index (χ2n) is 9.95. The number of nitrogens with one attached hydrogen (secondary N) is 2. The number of aliphatic hydroxyl groups excluding tert-OH is 1. The van der Waals surface area contributed by atoms with Crippen LogP contribution in [0.25, 0.3) is 10.9 Å². The lowest BCUT2D eigenvalue weighted by molar-refractivity contribution is 0.0831. The predicted octanol–water partition coefficient (Wildman–Crippen LogP) is 3.38. The maximum absolute atomic E-state index is 13.7. The fourth-order valence-corrected chi connectivity index (χ4v) is 6.32. The van der Waals surface area contributed by atoms with E-state index in [1.807, 2.05) is 42.5 Å². The molecule has 37 heavy (non-hydrogen) atoms. The molecule has 8 heteroatoms. The van der Waals surface area contributed by atoms with E-state index in [0.717, 1.165) is 53.6 Å². The Morgan fingerprint density at radius 3 is 2.68 bits per heavy atom. The van der Waals surface area contributed by atoms with Crippen molar-refractivity contribution in [1.29, 1.82) is 0 Å². The van der Waals surface area contributed by atoms with Gasteiger partial charge in [-0.15, -0.1) is 0 Å². The molecule has 200 valence electrons. The molecular weight excluding hydrogens is 484 g/mol. The summed E-state index contributed by atoms with van der Waals surface area (Å²) in [6.07, 6.45) is 4.67. The molecular formula is C29H40N4O3S. The smallest absolute Gasteiger partial charge is 0.251 e. The van der Waals surface area contributed by atoms with Gasteiger partial charge in [0.2, 0.25) is 0 Å². The lowest BCUT2D eigenvalue weighted by Gasteiger charge is -2.26. The number of aromatic nitrogens is 1. The largest absolute Gasteiger partial charge is 0.390 e. The quantitative estimate of drug-likeness (QED) is 0.265. The maximum Gasteiger partial charge on any atom is 0.251 e. The normalized spacial score (nSPS) is 19.0. The topological polar surface area (TPSA) is 86.6 Å². The summed E-state index contributed by atoms with van der Waals surface area (Å²) in [7, 11) is -0.692. The Kier molecular flexibility index (Phi) is 8.62. The van der Waals surface area contributed by atoms with Crippen LogP contribution in [0.4, 0.5) is 5.69 Å². The summed E-state index contributed by atoms with van der Waals surface area (Å²) >= 11 is 0. The Morgan fingerprint density at radius 2 is 1.97 bits per heavy atom. The monoisotopic (exact) mass is 524 g/mol. The lowest BCUT2D eigenvalue weighted by atomic mass is 10.00. The highest BCUT2D eigenvalue weighted by Gasteiger charge is 2.27. The van der Waals surface area contributed by atoms with Crippen molar-refractivity contribution in [3.05, 3.63) is 65.4 Å². The molecule has 3 N–H and O–H groups in total. The number of benzene rings is 2. The van der Waals surface area contributed by atoms with E-state index in [9.17, 15) is 14.1 Å². The maximum atomic E-state index is 13.7. The van der Waals surface area contributed by atoms with Crippen LogP contribution >= 0.6 is 0 Å². The van der Waals surface area contributed by atoms with Gasteiger partial charge < -0.3 is 24.6 Å². The van der Waals surface area contributed by atoms with Crippen LogP contribution in [0.15, 0.2) is 48.7 Å². The third kappa shape index (κ3) is 6.03.